The predicted octanol–water partition coefficient (Wildman–Crippen LogP) is 4.13. The Morgan fingerprint density at radius 3 is 1.69 bits per heavy atom. The molecule has 0 aliphatic heterocycles. The van der Waals surface area contributed by atoms with Crippen molar-refractivity contribution >= 4 is 11.9 Å². The second-order valence-electron chi connectivity index (χ2n) is 7.13. The Morgan fingerprint density at radius 2 is 1.20 bits per heavy atom. The average molecular weight is 493 g/mol. The van der Waals surface area contributed by atoms with E-state index in [1.807, 2.05) is 6.92 Å². The third kappa shape index (κ3) is 9.91. The van der Waals surface area contributed by atoms with Crippen molar-refractivity contribution in [1.82, 2.24) is 0 Å². The highest BCUT2D eigenvalue weighted by atomic mass is 17.3. The number of ether oxygens (including phenoxy) is 4. The van der Waals surface area contributed by atoms with E-state index in [9.17, 15) is 9.59 Å². The van der Waals surface area contributed by atoms with Crippen LogP contribution >= 0.6 is 0 Å². The van der Waals surface area contributed by atoms with Crippen LogP contribution in [0.4, 0.5) is 0 Å². The summed E-state index contributed by atoms with van der Waals surface area (Å²) in [5.41, 5.74) is 0.311. The molecule has 0 fully saturated rings. The fourth-order valence-electron chi connectivity index (χ4n) is 2.81. The van der Waals surface area contributed by atoms with Gasteiger partial charge in [-0.1, -0.05) is 31.2 Å². The molecule has 0 bridgehead atoms. The van der Waals surface area contributed by atoms with Crippen LogP contribution in [-0.2, 0) is 29.0 Å². The lowest BCUT2D eigenvalue weighted by Crippen LogP contribution is -2.24. The number of carbonyl (C=O) groups excluding carboxylic acids is 2. The number of rotatable bonds is 17. The lowest BCUT2D eigenvalue weighted by atomic mass is 10.2. The summed E-state index contributed by atoms with van der Waals surface area (Å²) in [5, 5.41) is 0. The molecule has 2 aromatic rings. The number of benzene rings is 2. The number of hydrogen-bond donors (Lipinski definition) is 0. The largest absolute Gasteiger partial charge is 0.496 e. The minimum Gasteiger partial charge on any atom is -0.496 e. The van der Waals surface area contributed by atoms with Gasteiger partial charge >= 0.3 is 11.9 Å². The van der Waals surface area contributed by atoms with Crippen LogP contribution in [0.2, 0.25) is 0 Å². The van der Waals surface area contributed by atoms with E-state index in [0.29, 0.717) is 31.3 Å². The second kappa shape index (κ2) is 16.4. The maximum atomic E-state index is 12.4. The van der Waals surface area contributed by atoms with Gasteiger partial charge in [0.2, 0.25) is 6.29 Å². The monoisotopic (exact) mass is 492 g/mol. The highest BCUT2D eigenvalue weighted by Gasteiger charge is 2.22. The Labute approximate surface area is 204 Å². The summed E-state index contributed by atoms with van der Waals surface area (Å²) in [5.74, 6) is -0.980. The van der Waals surface area contributed by atoms with Crippen LogP contribution in [0.15, 0.2) is 48.5 Å². The lowest BCUT2D eigenvalue weighted by molar-refractivity contribution is -0.422. The summed E-state index contributed by atoms with van der Waals surface area (Å²) in [7, 11) is 2.86. The molecule has 0 aliphatic carbocycles. The summed E-state index contributed by atoms with van der Waals surface area (Å²) in [4.78, 5) is 44.9. The number of methoxy groups -OCH3 is 2. The lowest BCUT2D eigenvalue weighted by Gasteiger charge is -2.16. The van der Waals surface area contributed by atoms with Gasteiger partial charge in [-0.05, 0) is 37.1 Å². The van der Waals surface area contributed by atoms with Crippen LogP contribution in [0.3, 0.4) is 0 Å². The highest BCUT2D eigenvalue weighted by molar-refractivity contribution is 5.92. The molecule has 0 saturated heterocycles. The van der Waals surface area contributed by atoms with Gasteiger partial charge in [0.1, 0.15) is 22.6 Å². The molecule has 0 heterocycles. The van der Waals surface area contributed by atoms with Gasteiger partial charge in [0.05, 0.1) is 20.8 Å². The Bertz CT molecular complexity index is 838. The molecule has 0 aliphatic rings. The van der Waals surface area contributed by atoms with Gasteiger partial charge in [0.15, 0.2) is 0 Å². The maximum Gasteiger partial charge on any atom is 0.376 e. The molecule has 0 radical (unpaired) electrons. The number of hydrogen-bond acceptors (Lipinski definition) is 10. The summed E-state index contributed by atoms with van der Waals surface area (Å²) in [6.45, 7) is 3.99. The van der Waals surface area contributed by atoms with E-state index >= 15 is 0 Å². The van der Waals surface area contributed by atoms with E-state index in [4.69, 9.17) is 38.5 Å². The van der Waals surface area contributed by atoms with Crippen molar-refractivity contribution in [2.45, 2.75) is 32.5 Å². The van der Waals surface area contributed by atoms with E-state index in [2.05, 4.69) is 0 Å². The number of para-hydroxylation sites is 2. The van der Waals surface area contributed by atoms with Gasteiger partial charge in [-0.25, -0.2) is 9.59 Å². The first-order valence-electron chi connectivity index (χ1n) is 11.3. The first-order chi connectivity index (χ1) is 17.1. The molecule has 10 nitrogen and oxygen atoms in total. The molecule has 192 valence electrons. The quantitative estimate of drug-likeness (QED) is 0.138. The van der Waals surface area contributed by atoms with Crippen molar-refractivity contribution in [3.8, 4) is 11.5 Å². The van der Waals surface area contributed by atoms with Crippen LogP contribution in [-0.4, -0.2) is 58.9 Å². The van der Waals surface area contributed by atoms with Crippen molar-refractivity contribution in [3.05, 3.63) is 59.7 Å². The minimum absolute atomic E-state index is 0.105. The highest BCUT2D eigenvalue weighted by Crippen LogP contribution is 2.20. The molecule has 10 heteroatoms. The SMILES string of the molecule is CCCOCCCOCCC(OOC(=O)c1ccccc1OC)OOC(=O)c1ccccc1OC. The van der Waals surface area contributed by atoms with Crippen LogP contribution in [0.25, 0.3) is 0 Å². The first-order valence-corrected chi connectivity index (χ1v) is 11.3. The van der Waals surface area contributed by atoms with Gasteiger partial charge in [-0.3, -0.25) is 9.78 Å². The fourth-order valence-corrected chi connectivity index (χ4v) is 2.81. The molecule has 2 aromatic carbocycles. The summed E-state index contributed by atoms with van der Waals surface area (Å²) >= 11 is 0. The van der Waals surface area contributed by atoms with Crippen LogP contribution in [0, 0.1) is 0 Å². The molecule has 0 amide bonds. The second-order valence-corrected chi connectivity index (χ2v) is 7.13. The molecule has 2 rings (SSSR count). The molecule has 0 aromatic heterocycles. The Kier molecular flexibility index (Phi) is 13.2. The summed E-state index contributed by atoms with van der Waals surface area (Å²) in [6.07, 6.45) is 0.536. The van der Waals surface area contributed by atoms with Crippen molar-refractivity contribution in [1.29, 1.82) is 0 Å². The van der Waals surface area contributed by atoms with E-state index in [-0.39, 0.29) is 24.2 Å². The predicted molar refractivity (Wildman–Crippen MR) is 124 cm³/mol. The van der Waals surface area contributed by atoms with E-state index in [0.717, 1.165) is 12.8 Å². The average Bonchev–Trinajstić information content (AvgIpc) is 2.90. The van der Waals surface area contributed by atoms with Gasteiger partial charge in [0.25, 0.3) is 0 Å². The van der Waals surface area contributed by atoms with Crippen LogP contribution < -0.4 is 9.47 Å². The third-order valence-corrected chi connectivity index (χ3v) is 4.54. The smallest absolute Gasteiger partial charge is 0.376 e. The fraction of sp³-hybridized carbons (Fsp3) is 0.440. The molecule has 0 saturated carbocycles. The van der Waals surface area contributed by atoms with E-state index < -0.39 is 18.2 Å². The van der Waals surface area contributed by atoms with Crippen molar-refractivity contribution < 1.29 is 48.1 Å². The maximum absolute atomic E-state index is 12.4. The van der Waals surface area contributed by atoms with Crippen LogP contribution in [0.1, 0.15) is 46.9 Å². The van der Waals surface area contributed by atoms with Crippen LogP contribution in [0.5, 0.6) is 11.5 Å². The van der Waals surface area contributed by atoms with Crippen molar-refractivity contribution in [2.75, 3.05) is 40.6 Å². The van der Waals surface area contributed by atoms with Gasteiger partial charge in [0, 0.05) is 26.2 Å². The molecule has 0 atom stereocenters. The Morgan fingerprint density at radius 1 is 0.714 bits per heavy atom. The van der Waals surface area contributed by atoms with Gasteiger partial charge < -0.3 is 18.9 Å². The summed E-state index contributed by atoms with van der Waals surface area (Å²) in [6, 6.07) is 13.0. The Balaban J connectivity index is 1.91. The standard InChI is InChI=1S/C25H32O10/c1-4-15-30-16-9-17-31-18-14-23(32-34-24(26)19-10-5-7-12-21(19)28-2)33-35-25(27)20-11-6-8-13-22(20)29-3/h5-8,10-13,23H,4,9,14-18H2,1-3H3. The third-order valence-electron chi connectivity index (χ3n) is 4.54. The zero-order valence-electron chi connectivity index (χ0n) is 20.2. The first kappa shape index (κ1) is 28.1. The Hall–Kier alpha value is -3.18. The topological polar surface area (TPSA) is 108 Å². The zero-order chi connectivity index (χ0) is 25.3. The molecular weight excluding hydrogens is 460 g/mol. The summed E-state index contributed by atoms with van der Waals surface area (Å²) < 4.78 is 21.2. The van der Waals surface area contributed by atoms with Crippen molar-refractivity contribution in [2.24, 2.45) is 0 Å². The molecule has 0 unspecified atom stereocenters. The van der Waals surface area contributed by atoms with E-state index in [1.165, 1.54) is 26.4 Å². The molecule has 0 N–H and O–H groups in total. The molecular formula is C25H32O10. The molecule has 35 heavy (non-hydrogen) atoms. The van der Waals surface area contributed by atoms with Gasteiger partial charge in [-0.15, -0.1) is 9.78 Å². The van der Waals surface area contributed by atoms with Gasteiger partial charge in [-0.2, -0.15) is 0 Å². The normalized spacial score (nSPS) is 10.7. The zero-order valence-corrected chi connectivity index (χ0v) is 20.2. The minimum atomic E-state index is -1.25. The van der Waals surface area contributed by atoms with E-state index in [1.54, 1.807) is 36.4 Å². The van der Waals surface area contributed by atoms with Crippen molar-refractivity contribution in [3.63, 3.8) is 0 Å². The number of carbonyl (C=O) groups is 2. The molecule has 0 spiro atoms.